The van der Waals surface area contributed by atoms with Gasteiger partial charge in [0.25, 0.3) is 5.91 Å². The van der Waals surface area contributed by atoms with Gasteiger partial charge in [0.1, 0.15) is 5.82 Å². The molecule has 2 heterocycles. The number of hydrogen-bond donors (Lipinski definition) is 1. The van der Waals surface area contributed by atoms with E-state index in [9.17, 15) is 18.8 Å². The largest absolute Gasteiger partial charge is 0.366 e. The van der Waals surface area contributed by atoms with Gasteiger partial charge in [0.05, 0.1) is 15.6 Å². The number of thiophene rings is 1. The van der Waals surface area contributed by atoms with E-state index < -0.39 is 5.82 Å². The highest BCUT2D eigenvalue weighted by molar-refractivity contribution is 7.18. The highest BCUT2D eigenvalue weighted by Crippen LogP contribution is 2.32. The molecule has 2 aliphatic rings. The molecule has 1 saturated carbocycles. The summed E-state index contributed by atoms with van der Waals surface area (Å²) in [5.74, 6) is -0.526. The molecule has 2 aromatic rings. The smallest absolute Gasteiger partial charge is 0.264 e. The van der Waals surface area contributed by atoms with Gasteiger partial charge in [0.2, 0.25) is 5.91 Å². The molecule has 1 aliphatic carbocycles. The average Bonchev–Trinajstić information content (AvgIpc) is 3.47. The third-order valence-electron chi connectivity index (χ3n) is 5.27. The van der Waals surface area contributed by atoms with Gasteiger partial charge in [-0.25, -0.2) is 4.39 Å². The number of ketones is 1. The van der Waals surface area contributed by atoms with Crippen molar-refractivity contribution in [1.82, 2.24) is 4.90 Å². The van der Waals surface area contributed by atoms with Crippen molar-refractivity contribution in [1.29, 1.82) is 0 Å². The Kier molecular flexibility index (Phi) is 5.36. The second-order valence-corrected chi connectivity index (χ2v) is 8.51. The van der Waals surface area contributed by atoms with Gasteiger partial charge in [-0.15, -0.1) is 11.3 Å². The Labute approximate surface area is 172 Å². The number of halogens is 1. The van der Waals surface area contributed by atoms with Crippen LogP contribution in [0.25, 0.3) is 0 Å². The molecule has 0 unspecified atom stereocenters. The van der Waals surface area contributed by atoms with E-state index in [0.717, 1.165) is 12.8 Å². The van der Waals surface area contributed by atoms with E-state index >= 15 is 0 Å². The van der Waals surface area contributed by atoms with E-state index in [-0.39, 0.29) is 23.5 Å². The molecule has 29 heavy (non-hydrogen) atoms. The van der Waals surface area contributed by atoms with Crippen LogP contribution in [0.3, 0.4) is 0 Å². The minimum atomic E-state index is -0.424. The lowest BCUT2D eigenvalue weighted by Gasteiger charge is -2.36. The lowest BCUT2D eigenvalue weighted by atomic mass is 10.1. The van der Waals surface area contributed by atoms with Crippen molar-refractivity contribution in [2.75, 3.05) is 36.4 Å². The third kappa shape index (κ3) is 4.32. The lowest BCUT2D eigenvalue weighted by Crippen LogP contribution is -2.48. The van der Waals surface area contributed by atoms with Crippen LogP contribution in [0.15, 0.2) is 30.3 Å². The highest BCUT2D eigenvalue weighted by atomic mass is 32.1. The summed E-state index contributed by atoms with van der Waals surface area (Å²) in [6, 6.07) is 8.01. The fourth-order valence-electron chi connectivity index (χ4n) is 3.38. The van der Waals surface area contributed by atoms with Gasteiger partial charge in [0.15, 0.2) is 5.78 Å². The topological polar surface area (TPSA) is 69.7 Å². The molecular weight excluding hydrogens is 393 g/mol. The maximum atomic E-state index is 14.4. The molecule has 0 atom stereocenters. The molecule has 1 aromatic heterocycles. The molecule has 152 valence electrons. The number of hydrogen-bond acceptors (Lipinski definition) is 5. The molecule has 1 aromatic carbocycles. The van der Waals surface area contributed by atoms with Crippen LogP contribution in [0.4, 0.5) is 15.1 Å². The van der Waals surface area contributed by atoms with Crippen LogP contribution in [0.2, 0.25) is 0 Å². The van der Waals surface area contributed by atoms with E-state index in [1.807, 2.05) is 4.90 Å². The second-order valence-electron chi connectivity index (χ2n) is 7.43. The minimum Gasteiger partial charge on any atom is -0.366 e. The zero-order valence-corrected chi connectivity index (χ0v) is 16.9. The number of carbonyl (C=O) groups is 3. The molecular formula is C21H22FN3O3S. The van der Waals surface area contributed by atoms with Crippen LogP contribution in [-0.2, 0) is 4.79 Å². The fraction of sp³-hybridized carbons (Fsp3) is 0.381. The Morgan fingerprint density at radius 3 is 2.41 bits per heavy atom. The monoisotopic (exact) mass is 415 g/mol. The van der Waals surface area contributed by atoms with Crippen LogP contribution in [-0.4, -0.2) is 48.7 Å². The summed E-state index contributed by atoms with van der Waals surface area (Å²) in [6.45, 7) is 3.40. The van der Waals surface area contributed by atoms with Gasteiger partial charge in [-0.2, -0.15) is 0 Å². The zero-order chi connectivity index (χ0) is 20.5. The standard InChI is InChI=1S/C21H22FN3O3S/c1-13(26)15-4-5-17(16(22)12-15)24-8-10-25(11-9-24)21(28)18-6-7-19(29-18)23-20(27)14-2-3-14/h4-7,12,14H,2-3,8-11H2,1H3,(H,23,27). The SMILES string of the molecule is CC(=O)c1ccc(N2CCN(C(=O)c3ccc(NC(=O)C4CC4)s3)CC2)c(F)c1. The minimum absolute atomic E-state index is 0.0253. The van der Waals surface area contributed by atoms with Crippen LogP contribution < -0.4 is 10.2 Å². The molecule has 1 saturated heterocycles. The number of carbonyl (C=O) groups excluding carboxylic acids is 3. The van der Waals surface area contributed by atoms with Crippen molar-refractivity contribution in [2.45, 2.75) is 19.8 Å². The summed E-state index contributed by atoms with van der Waals surface area (Å²) in [6.07, 6.45) is 1.87. The Morgan fingerprint density at radius 2 is 1.79 bits per heavy atom. The van der Waals surface area contributed by atoms with Gasteiger partial charge < -0.3 is 15.1 Å². The number of nitrogens with one attached hydrogen (secondary N) is 1. The number of Topliss-reactive ketones (excluding diaryl/α,β-unsaturated/α-hetero) is 1. The maximum absolute atomic E-state index is 14.4. The quantitative estimate of drug-likeness (QED) is 0.760. The van der Waals surface area contributed by atoms with E-state index in [0.29, 0.717) is 47.3 Å². The number of piperazine rings is 1. The fourth-order valence-corrected chi connectivity index (χ4v) is 4.25. The number of nitrogens with zero attached hydrogens (tertiary/aromatic N) is 2. The van der Waals surface area contributed by atoms with Crippen LogP contribution in [0, 0.1) is 11.7 Å². The summed E-state index contributed by atoms with van der Waals surface area (Å²) in [5, 5.41) is 3.56. The molecule has 6 nitrogen and oxygen atoms in total. The Morgan fingerprint density at radius 1 is 1.07 bits per heavy atom. The summed E-state index contributed by atoms with van der Waals surface area (Å²) in [4.78, 5) is 40.2. The second kappa shape index (κ2) is 7.94. The van der Waals surface area contributed by atoms with E-state index in [1.165, 1.54) is 24.3 Å². The Hall–Kier alpha value is -2.74. The van der Waals surface area contributed by atoms with Crippen molar-refractivity contribution >= 4 is 39.6 Å². The number of amides is 2. The summed E-state index contributed by atoms with van der Waals surface area (Å²) >= 11 is 1.28. The van der Waals surface area contributed by atoms with Crippen LogP contribution >= 0.6 is 11.3 Å². The van der Waals surface area contributed by atoms with Gasteiger partial charge in [-0.05, 0) is 50.1 Å². The summed E-state index contributed by atoms with van der Waals surface area (Å²) < 4.78 is 14.4. The molecule has 2 fully saturated rings. The van der Waals surface area contributed by atoms with Crippen molar-refractivity contribution in [3.8, 4) is 0 Å². The predicted molar refractivity (Wildman–Crippen MR) is 110 cm³/mol. The number of benzene rings is 1. The van der Waals surface area contributed by atoms with Gasteiger partial charge in [-0.3, -0.25) is 14.4 Å². The van der Waals surface area contributed by atoms with Crippen molar-refractivity contribution in [3.63, 3.8) is 0 Å². The molecule has 2 amide bonds. The molecule has 8 heteroatoms. The first-order valence-electron chi connectivity index (χ1n) is 9.68. The normalized spacial score (nSPS) is 16.6. The zero-order valence-electron chi connectivity index (χ0n) is 16.1. The molecule has 0 spiro atoms. The van der Waals surface area contributed by atoms with Crippen molar-refractivity contribution in [2.24, 2.45) is 5.92 Å². The van der Waals surface area contributed by atoms with E-state index in [1.54, 1.807) is 29.2 Å². The lowest BCUT2D eigenvalue weighted by molar-refractivity contribution is -0.117. The number of rotatable bonds is 5. The summed E-state index contributed by atoms with van der Waals surface area (Å²) in [7, 11) is 0. The van der Waals surface area contributed by atoms with Gasteiger partial charge in [0, 0.05) is 37.7 Å². The maximum Gasteiger partial charge on any atom is 0.264 e. The number of anilines is 2. The third-order valence-corrected chi connectivity index (χ3v) is 6.26. The molecule has 1 aliphatic heterocycles. The van der Waals surface area contributed by atoms with Crippen molar-refractivity contribution in [3.05, 3.63) is 46.6 Å². The van der Waals surface area contributed by atoms with Gasteiger partial charge >= 0.3 is 0 Å². The highest BCUT2D eigenvalue weighted by Gasteiger charge is 2.30. The van der Waals surface area contributed by atoms with Crippen LogP contribution in [0.5, 0.6) is 0 Å². The first-order valence-corrected chi connectivity index (χ1v) is 10.5. The van der Waals surface area contributed by atoms with Crippen molar-refractivity contribution < 1.29 is 18.8 Å². The molecule has 4 rings (SSSR count). The average molecular weight is 415 g/mol. The molecule has 0 bridgehead atoms. The first kappa shape index (κ1) is 19.6. The Balaban J connectivity index is 1.35. The van der Waals surface area contributed by atoms with E-state index in [2.05, 4.69) is 5.32 Å². The first-order chi connectivity index (χ1) is 13.9. The van der Waals surface area contributed by atoms with Crippen LogP contribution in [0.1, 0.15) is 39.8 Å². The summed E-state index contributed by atoms with van der Waals surface area (Å²) in [5.41, 5.74) is 0.797. The molecule has 0 radical (unpaired) electrons. The Bertz CT molecular complexity index is 962. The molecule has 1 N–H and O–H groups in total. The van der Waals surface area contributed by atoms with E-state index in [4.69, 9.17) is 0 Å². The van der Waals surface area contributed by atoms with Gasteiger partial charge in [-0.1, -0.05) is 0 Å². The predicted octanol–water partition coefficient (Wildman–Crippen LogP) is 3.40.